The normalized spacial score (nSPS) is 10.1. The molecule has 0 nitrogen and oxygen atoms in total. The van der Waals surface area contributed by atoms with Crippen molar-refractivity contribution < 1.29 is 0 Å². The van der Waals surface area contributed by atoms with Gasteiger partial charge in [0, 0.05) is 0 Å². The van der Waals surface area contributed by atoms with Gasteiger partial charge in [-0.1, -0.05) is 109 Å². The van der Waals surface area contributed by atoms with E-state index in [1.54, 1.807) is 0 Å². The Kier molecular flexibility index (Phi) is 26.0. The van der Waals surface area contributed by atoms with Gasteiger partial charge in [-0.3, -0.25) is 0 Å². The molecule has 0 saturated heterocycles. The lowest BCUT2D eigenvalue weighted by Gasteiger charge is -2.03. The van der Waals surface area contributed by atoms with Crippen LogP contribution in [0.1, 0.15) is 104 Å². The van der Waals surface area contributed by atoms with Crippen LogP contribution in [0.4, 0.5) is 0 Å². The molecular weight excluding hydrogens is 304 g/mol. The molecule has 0 aliphatic heterocycles. The predicted octanol–water partition coefficient (Wildman–Crippen LogP) is 8.35. The van der Waals surface area contributed by atoms with E-state index in [0.717, 1.165) is 0 Å². The second-order valence-electron chi connectivity index (χ2n) is 6.15. The average Bonchev–Trinajstić information content (AvgIpc) is 2.53. The molecular formula is C20H40S2. The Morgan fingerprint density at radius 1 is 0.682 bits per heavy atom. The second kappa shape index (κ2) is 23.4. The summed E-state index contributed by atoms with van der Waals surface area (Å²) in [7, 11) is 0. The van der Waals surface area contributed by atoms with Crippen LogP contribution in [-0.2, 0) is 0 Å². The Labute approximate surface area is 150 Å². The van der Waals surface area contributed by atoms with Crippen molar-refractivity contribution in [2.45, 2.75) is 104 Å². The minimum Gasteiger partial charge on any atom is -0.132 e. The average molecular weight is 345 g/mol. The first-order valence-corrected chi connectivity index (χ1v) is 10.9. The molecule has 0 aliphatic rings. The molecule has 0 bridgehead atoms. The van der Waals surface area contributed by atoms with Crippen LogP contribution in [-0.4, -0.2) is 11.6 Å². The molecule has 0 unspecified atom stereocenters. The van der Waals surface area contributed by atoms with Gasteiger partial charge in [0.25, 0.3) is 0 Å². The zero-order chi connectivity index (χ0) is 16.9. The highest BCUT2D eigenvalue weighted by Crippen LogP contribution is 2.16. The molecule has 0 aromatic carbocycles. The van der Waals surface area contributed by atoms with E-state index in [-0.39, 0.29) is 0 Å². The molecule has 0 heterocycles. The molecule has 0 radical (unpaired) electrons. The number of thiocarbonyl (C=S) groups is 1. The first kappa shape index (κ1) is 24.4. The monoisotopic (exact) mass is 344 g/mol. The predicted molar refractivity (Wildman–Crippen MR) is 112 cm³/mol. The number of hydrogen-bond donors (Lipinski definition) is 0. The summed E-state index contributed by atoms with van der Waals surface area (Å²) < 4.78 is 0. The number of allylic oxidation sites excluding steroid dienone is 1. The van der Waals surface area contributed by atoms with E-state index in [9.17, 15) is 0 Å². The van der Waals surface area contributed by atoms with Gasteiger partial charge in [0.15, 0.2) is 0 Å². The van der Waals surface area contributed by atoms with Crippen LogP contribution in [0.3, 0.4) is 0 Å². The third-order valence-corrected chi connectivity index (χ3v) is 4.83. The maximum Gasteiger partial charge on any atom is -0.00236 e. The summed E-state index contributed by atoms with van der Waals surface area (Å²) in [6.45, 7) is 8.32. The van der Waals surface area contributed by atoms with E-state index in [1.807, 2.05) is 11.8 Å². The molecule has 2 heteroatoms. The maximum absolute atomic E-state index is 3.92. The smallest absolute Gasteiger partial charge is 0.00236 e. The van der Waals surface area contributed by atoms with E-state index in [0.29, 0.717) is 0 Å². The summed E-state index contributed by atoms with van der Waals surface area (Å²) in [5.74, 6) is 4.10. The van der Waals surface area contributed by atoms with Crippen LogP contribution in [0.25, 0.3) is 0 Å². The van der Waals surface area contributed by atoms with Gasteiger partial charge in [-0.25, -0.2) is 0 Å². The quantitative estimate of drug-likeness (QED) is 0.204. The van der Waals surface area contributed by atoms with Crippen molar-refractivity contribution in [1.29, 1.82) is 0 Å². The van der Waals surface area contributed by atoms with Crippen molar-refractivity contribution in [2.75, 3.05) is 5.75 Å². The number of unbranched alkanes of at least 4 members (excludes halogenated alkanes) is 13. The zero-order valence-corrected chi connectivity index (χ0v) is 17.0. The third kappa shape index (κ3) is 25.2. The summed E-state index contributed by atoms with van der Waals surface area (Å²) in [5.41, 5.74) is 0. The lowest BCUT2D eigenvalue weighted by atomic mass is 10.0. The van der Waals surface area contributed by atoms with Gasteiger partial charge >= 0.3 is 0 Å². The van der Waals surface area contributed by atoms with E-state index in [4.69, 9.17) is 0 Å². The van der Waals surface area contributed by atoms with Gasteiger partial charge in [0.05, 0.1) is 0 Å². The molecule has 0 aromatic heterocycles. The standard InChI is InChI=1S/C19H38S.CH2S/c1-4-5-6-7-8-9-10-11-12-13-14-15-16-17-18-20-19(2)3;1-2/h2,4-18H2,1,3H3;1H2. The summed E-state index contributed by atoms with van der Waals surface area (Å²) in [4.78, 5) is 1.26. The van der Waals surface area contributed by atoms with Crippen molar-refractivity contribution in [3.63, 3.8) is 0 Å². The van der Waals surface area contributed by atoms with E-state index < -0.39 is 0 Å². The topological polar surface area (TPSA) is 0 Å². The molecule has 0 fully saturated rings. The van der Waals surface area contributed by atoms with E-state index in [2.05, 4.69) is 38.5 Å². The van der Waals surface area contributed by atoms with Gasteiger partial charge in [-0.05, 0) is 29.9 Å². The fourth-order valence-electron chi connectivity index (χ4n) is 2.54. The SMILES string of the molecule is C=C(C)SCCCCCCCCCCCCCCCC.C=S. The molecule has 0 N–H and O–H groups in total. The van der Waals surface area contributed by atoms with Gasteiger partial charge in [0.2, 0.25) is 0 Å². The van der Waals surface area contributed by atoms with E-state index in [1.165, 1.54) is 101 Å². The first-order chi connectivity index (χ1) is 10.8. The molecule has 22 heavy (non-hydrogen) atoms. The molecule has 0 aliphatic carbocycles. The van der Waals surface area contributed by atoms with Crippen molar-refractivity contribution >= 4 is 29.9 Å². The Hall–Kier alpha value is 0.180. The minimum absolute atomic E-state index is 1.26. The summed E-state index contributed by atoms with van der Waals surface area (Å²) >= 11 is 5.75. The van der Waals surface area contributed by atoms with Crippen LogP contribution in [0.5, 0.6) is 0 Å². The third-order valence-electron chi connectivity index (χ3n) is 3.85. The van der Waals surface area contributed by atoms with Crippen molar-refractivity contribution in [1.82, 2.24) is 0 Å². The summed E-state index contributed by atoms with van der Waals surface area (Å²) in [5, 5.41) is 0. The molecule has 132 valence electrons. The lowest BCUT2D eigenvalue weighted by molar-refractivity contribution is 0.538. The van der Waals surface area contributed by atoms with Crippen LogP contribution >= 0.6 is 24.0 Å². The fraction of sp³-hybridized carbons (Fsp3) is 0.850. The Morgan fingerprint density at radius 3 is 1.32 bits per heavy atom. The second-order valence-corrected chi connectivity index (χ2v) is 7.54. The van der Waals surface area contributed by atoms with Crippen molar-refractivity contribution in [2.24, 2.45) is 0 Å². The molecule has 0 aromatic rings. The Morgan fingerprint density at radius 2 is 1.00 bits per heavy atom. The largest absolute Gasteiger partial charge is 0.132 e. The van der Waals surface area contributed by atoms with Gasteiger partial charge in [0.1, 0.15) is 0 Å². The van der Waals surface area contributed by atoms with Crippen molar-refractivity contribution in [3.05, 3.63) is 11.5 Å². The maximum atomic E-state index is 3.92. The molecule has 0 saturated carbocycles. The fourth-order valence-corrected chi connectivity index (χ4v) is 3.24. The highest BCUT2D eigenvalue weighted by molar-refractivity contribution is 8.03. The van der Waals surface area contributed by atoms with Crippen molar-refractivity contribution in [3.8, 4) is 0 Å². The van der Waals surface area contributed by atoms with Crippen LogP contribution in [0.2, 0.25) is 0 Å². The number of hydrogen-bond acceptors (Lipinski definition) is 2. The minimum atomic E-state index is 1.26. The van der Waals surface area contributed by atoms with Crippen LogP contribution < -0.4 is 0 Å². The van der Waals surface area contributed by atoms with Gasteiger partial charge in [-0.2, -0.15) is 0 Å². The van der Waals surface area contributed by atoms with Gasteiger partial charge in [-0.15, -0.1) is 11.8 Å². The molecule has 0 spiro atoms. The molecule has 0 atom stereocenters. The van der Waals surface area contributed by atoms with E-state index >= 15 is 0 Å². The van der Waals surface area contributed by atoms with Crippen LogP contribution in [0, 0.1) is 0 Å². The highest BCUT2D eigenvalue weighted by Gasteiger charge is 1.94. The molecule has 0 rings (SSSR count). The first-order valence-electron chi connectivity index (χ1n) is 9.34. The zero-order valence-electron chi connectivity index (χ0n) is 15.3. The summed E-state index contributed by atoms with van der Waals surface area (Å²) in [6, 6.07) is 0. The Balaban J connectivity index is 0. The molecule has 0 amide bonds. The number of thioether (sulfide) groups is 1. The highest BCUT2D eigenvalue weighted by atomic mass is 32.2. The summed E-state index contributed by atoms with van der Waals surface area (Å²) in [6.07, 6.45) is 20.2. The van der Waals surface area contributed by atoms with Crippen LogP contribution in [0.15, 0.2) is 11.5 Å². The Bertz CT molecular complexity index is 214. The lowest BCUT2D eigenvalue weighted by Crippen LogP contribution is -1.84. The number of rotatable bonds is 16. The van der Waals surface area contributed by atoms with Gasteiger partial charge < -0.3 is 0 Å².